The lowest BCUT2D eigenvalue weighted by atomic mass is 9.81. The zero-order valence-corrected chi connectivity index (χ0v) is 15.4. The molecule has 3 heteroatoms. The number of benzene rings is 2. The van der Waals surface area contributed by atoms with Crippen LogP contribution in [0.4, 0.5) is 0 Å². The lowest BCUT2D eigenvalue weighted by Crippen LogP contribution is -2.18. The molecule has 4 rings (SSSR count). The van der Waals surface area contributed by atoms with Crippen molar-refractivity contribution in [3.05, 3.63) is 64.7 Å². The van der Waals surface area contributed by atoms with E-state index in [2.05, 4.69) is 42.5 Å². The van der Waals surface area contributed by atoms with Crippen LogP contribution in [0.25, 0.3) is 0 Å². The first-order valence-corrected chi connectivity index (χ1v) is 9.75. The maximum absolute atomic E-state index is 11.9. The summed E-state index contributed by atoms with van der Waals surface area (Å²) in [6, 6.07) is 15.0. The number of carbonyl (C=O) groups is 1. The molecular formula is C23H26O3. The highest BCUT2D eigenvalue weighted by molar-refractivity contribution is 5.70. The van der Waals surface area contributed by atoms with Gasteiger partial charge in [0, 0.05) is 12.8 Å². The lowest BCUT2D eigenvalue weighted by molar-refractivity contribution is -0.143. The summed E-state index contributed by atoms with van der Waals surface area (Å²) in [5.74, 6) is 1.15. The van der Waals surface area contributed by atoms with Gasteiger partial charge in [-0.15, -0.1) is 0 Å². The van der Waals surface area contributed by atoms with Gasteiger partial charge in [-0.3, -0.25) is 4.79 Å². The standard InChI is InChI=1S/C23H26O3/c1-2-25-23(24)15-19-9-5-8-18-14-20(10-11-22(18)19)26-21-12-16-6-3-4-7-17(16)13-21/h3-4,6-7,10-11,14,19,21H,2,5,8-9,12-13,15H2,1H3. The molecule has 0 N–H and O–H groups in total. The van der Waals surface area contributed by atoms with Crippen LogP contribution in [0.5, 0.6) is 5.75 Å². The summed E-state index contributed by atoms with van der Waals surface area (Å²) in [6.45, 7) is 2.31. The van der Waals surface area contributed by atoms with E-state index < -0.39 is 0 Å². The highest BCUT2D eigenvalue weighted by Gasteiger charge is 2.25. The Morgan fingerprint density at radius 2 is 1.85 bits per heavy atom. The lowest BCUT2D eigenvalue weighted by Gasteiger charge is -2.26. The summed E-state index contributed by atoms with van der Waals surface area (Å²) in [7, 11) is 0. The maximum Gasteiger partial charge on any atom is 0.306 e. The molecule has 0 amide bonds. The summed E-state index contributed by atoms with van der Waals surface area (Å²) in [4.78, 5) is 11.9. The van der Waals surface area contributed by atoms with Gasteiger partial charge in [0.05, 0.1) is 13.0 Å². The minimum Gasteiger partial charge on any atom is -0.490 e. The van der Waals surface area contributed by atoms with Gasteiger partial charge in [0.15, 0.2) is 0 Å². The van der Waals surface area contributed by atoms with Crippen LogP contribution in [0, 0.1) is 0 Å². The van der Waals surface area contributed by atoms with Crippen LogP contribution in [0.3, 0.4) is 0 Å². The minimum atomic E-state index is -0.0885. The Kier molecular flexibility index (Phi) is 4.96. The second kappa shape index (κ2) is 7.53. The zero-order chi connectivity index (χ0) is 17.9. The van der Waals surface area contributed by atoms with E-state index in [0.29, 0.717) is 13.0 Å². The van der Waals surface area contributed by atoms with E-state index in [0.717, 1.165) is 37.9 Å². The zero-order valence-electron chi connectivity index (χ0n) is 15.4. The molecular weight excluding hydrogens is 324 g/mol. The van der Waals surface area contributed by atoms with Gasteiger partial charge in [0.25, 0.3) is 0 Å². The number of esters is 1. The first-order valence-electron chi connectivity index (χ1n) is 9.75. The molecule has 2 aliphatic carbocycles. The van der Waals surface area contributed by atoms with E-state index in [4.69, 9.17) is 9.47 Å². The van der Waals surface area contributed by atoms with Crippen LogP contribution < -0.4 is 4.74 Å². The Morgan fingerprint density at radius 3 is 2.58 bits per heavy atom. The predicted octanol–water partition coefficient (Wildman–Crippen LogP) is 4.61. The fourth-order valence-corrected chi connectivity index (χ4v) is 4.39. The molecule has 1 unspecified atom stereocenters. The van der Waals surface area contributed by atoms with Crippen molar-refractivity contribution in [2.75, 3.05) is 6.61 Å². The van der Waals surface area contributed by atoms with Crippen molar-refractivity contribution in [2.45, 2.75) is 57.5 Å². The first kappa shape index (κ1) is 17.1. The molecule has 0 aromatic heterocycles. The van der Waals surface area contributed by atoms with Crippen LogP contribution in [-0.2, 0) is 28.8 Å². The molecule has 0 spiro atoms. The molecule has 3 nitrogen and oxygen atoms in total. The van der Waals surface area contributed by atoms with Gasteiger partial charge in [-0.1, -0.05) is 30.3 Å². The van der Waals surface area contributed by atoms with Crippen LogP contribution in [0.1, 0.15) is 54.4 Å². The number of aryl methyl sites for hydroxylation is 1. The average Bonchev–Trinajstić information content (AvgIpc) is 3.04. The number of carbonyl (C=O) groups excluding carboxylic acids is 1. The third kappa shape index (κ3) is 3.62. The Morgan fingerprint density at radius 1 is 1.08 bits per heavy atom. The van der Waals surface area contributed by atoms with E-state index in [9.17, 15) is 4.79 Å². The van der Waals surface area contributed by atoms with Crippen molar-refractivity contribution in [1.82, 2.24) is 0 Å². The Balaban J connectivity index is 1.45. The summed E-state index contributed by atoms with van der Waals surface area (Å²) in [6.07, 6.45) is 5.93. The van der Waals surface area contributed by atoms with E-state index in [1.165, 1.54) is 22.3 Å². The number of fused-ring (bicyclic) bond motifs is 2. The monoisotopic (exact) mass is 350 g/mol. The molecule has 0 saturated carbocycles. The van der Waals surface area contributed by atoms with Gasteiger partial charge in [0.2, 0.25) is 0 Å². The summed E-state index contributed by atoms with van der Waals surface area (Å²) < 4.78 is 11.4. The SMILES string of the molecule is CCOC(=O)CC1CCCc2cc(OC3Cc4ccccc4C3)ccc21. The van der Waals surface area contributed by atoms with E-state index >= 15 is 0 Å². The summed E-state index contributed by atoms with van der Waals surface area (Å²) >= 11 is 0. The van der Waals surface area contributed by atoms with Crippen molar-refractivity contribution in [3.63, 3.8) is 0 Å². The van der Waals surface area contributed by atoms with Crippen molar-refractivity contribution < 1.29 is 14.3 Å². The summed E-state index contributed by atoms with van der Waals surface area (Å²) in [5, 5.41) is 0. The second-order valence-corrected chi connectivity index (χ2v) is 7.38. The fraction of sp³-hybridized carbons (Fsp3) is 0.435. The molecule has 0 saturated heterocycles. The van der Waals surface area contributed by atoms with Crippen molar-refractivity contribution >= 4 is 5.97 Å². The maximum atomic E-state index is 11.9. The predicted molar refractivity (Wildman–Crippen MR) is 102 cm³/mol. The van der Waals surface area contributed by atoms with Crippen LogP contribution in [0.2, 0.25) is 0 Å². The minimum absolute atomic E-state index is 0.0885. The molecule has 2 aliphatic rings. The molecule has 26 heavy (non-hydrogen) atoms. The van der Waals surface area contributed by atoms with Gasteiger partial charge >= 0.3 is 5.97 Å². The van der Waals surface area contributed by atoms with Crippen LogP contribution in [-0.4, -0.2) is 18.7 Å². The van der Waals surface area contributed by atoms with Crippen molar-refractivity contribution in [1.29, 1.82) is 0 Å². The average molecular weight is 350 g/mol. The van der Waals surface area contributed by atoms with Gasteiger partial charge in [-0.25, -0.2) is 0 Å². The van der Waals surface area contributed by atoms with Gasteiger partial charge in [0.1, 0.15) is 11.9 Å². The van der Waals surface area contributed by atoms with Crippen LogP contribution in [0.15, 0.2) is 42.5 Å². The highest BCUT2D eigenvalue weighted by atomic mass is 16.5. The number of hydrogen-bond donors (Lipinski definition) is 0. The molecule has 2 aromatic rings. The highest BCUT2D eigenvalue weighted by Crippen LogP contribution is 2.36. The molecule has 1 atom stereocenters. The van der Waals surface area contributed by atoms with Crippen LogP contribution >= 0.6 is 0 Å². The molecule has 0 radical (unpaired) electrons. The topological polar surface area (TPSA) is 35.5 Å². The third-order valence-corrected chi connectivity index (χ3v) is 5.59. The number of rotatable bonds is 5. The quantitative estimate of drug-likeness (QED) is 0.739. The normalized spacial score (nSPS) is 18.9. The molecule has 2 aromatic carbocycles. The second-order valence-electron chi connectivity index (χ2n) is 7.38. The third-order valence-electron chi connectivity index (χ3n) is 5.59. The van der Waals surface area contributed by atoms with E-state index in [1.54, 1.807) is 0 Å². The smallest absolute Gasteiger partial charge is 0.306 e. The Bertz CT molecular complexity index is 771. The van der Waals surface area contributed by atoms with E-state index in [-0.39, 0.29) is 18.0 Å². The fourth-order valence-electron chi connectivity index (χ4n) is 4.39. The first-order chi connectivity index (χ1) is 12.7. The molecule has 0 fully saturated rings. The summed E-state index contributed by atoms with van der Waals surface area (Å²) in [5.41, 5.74) is 5.44. The van der Waals surface area contributed by atoms with Crippen molar-refractivity contribution in [2.24, 2.45) is 0 Å². The van der Waals surface area contributed by atoms with Gasteiger partial charge in [-0.05, 0) is 66.5 Å². The molecule has 0 bridgehead atoms. The molecule has 0 heterocycles. The Labute approximate surface area is 155 Å². The number of ether oxygens (including phenoxy) is 2. The van der Waals surface area contributed by atoms with Gasteiger partial charge < -0.3 is 9.47 Å². The number of hydrogen-bond acceptors (Lipinski definition) is 3. The molecule has 0 aliphatic heterocycles. The molecule has 136 valence electrons. The van der Waals surface area contributed by atoms with E-state index in [1.807, 2.05) is 6.92 Å². The largest absolute Gasteiger partial charge is 0.490 e. The van der Waals surface area contributed by atoms with Crippen molar-refractivity contribution in [3.8, 4) is 5.75 Å². The Hall–Kier alpha value is -2.29. The van der Waals surface area contributed by atoms with Gasteiger partial charge in [-0.2, -0.15) is 0 Å².